The van der Waals surface area contributed by atoms with E-state index in [1.807, 2.05) is 31.2 Å². The average molecular weight is 375 g/mol. The average Bonchev–Trinajstić information content (AvgIpc) is 2.54. The third-order valence-corrected chi connectivity index (χ3v) is 3.83. The first-order chi connectivity index (χ1) is 12.0. The smallest absolute Gasteiger partial charge is 0.142 e. The number of rotatable bonds is 5. The summed E-state index contributed by atoms with van der Waals surface area (Å²) in [6.07, 6.45) is 0. The van der Waals surface area contributed by atoms with Gasteiger partial charge in [0.05, 0.1) is 12.8 Å². The molecule has 2 N–H and O–H groups in total. The number of aromatic nitrogens is 2. The Morgan fingerprint density at radius 2 is 1.60 bits per heavy atom. The number of methoxy groups -OCH3 is 1. The molecule has 128 valence electrons. The van der Waals surface area contributed by atoms with Crippen LogP contribution in [0.3, 0.4) is 0 Å². The van der Waals surface area contributed by atoms with Crippen LogP contribution in [0.5, 0.6) is 5.75 Å². The van der Waals surface area contributed by atoms with Crippen LogP contribution in [0.15, 0.2) is 48.5 Å². The second kappa shape index (κ2) is 7.59. The zero-order valence-electron chi connectivity index (χ0n) is 13.7. The van der Waals surface area contributed by atoms with E-state index in [1.165, 1.54) is 0 Å². The zero-order valence-corrected chi connectivity index (χ0v) is 15.2. The van der Waals surface area contributed by atoms with Gasteiger partial charge < -0.3 is 15.4 Å². The molecule has 0 aliphatic heterocycles. The maximum atomic E-state index is 6.07. The van der Waals surface area contributed by atoms with E-state index >= 15 is 0 Å². The van der Waals surface area contributed by atoms with E-state index in [1.54, 1.807) is 31.4 Å². The maximum Gasteiger partial charge on any atom is 0.142 e. The molecule has 0 aliphatic carbocycles. The van der Waals surface area contributed by atoms with Gasteiger partial charge in [-0.15, -0.1) is 0 Å². The van der Waals surface area contributed by atoms with E-state index in [0.717, 1.165) is 11.4 Å². The Bertz CT molecular complexity index is 902. The normalized spacial score (nSPS) is 10.4. The van der Waals surface area contributed by atoms with Crippen LogP contribution in [0.25, 0.3) is 0 Å². The molecular formula is C18H16Cl2N4O. The Labute approximate surface area is 156 Å². The minimum absolute atomic E-state index is 0.603. The third-order valence-electron chi connectivity index (χ3n) is 3.36. The molecule has 0 bridgehead atoms. The number of hydrogen-bond acceptors (Lipinski definition) is 5. The molecule has 3 rings (SSSR count). The molecule has 25 heavy (non-hydrogen) atoms. The van der Waals surface area contributed by atoms with Crippen molar-refractivity contribution in [2.24, 2.45) is 0 Å². The van der Waals surface area contributed by atoms with Crippen molar-refractivity contribution in [3.8, 4) is 5.75 Å². The molecule has 0 saturated heterocycles. The Balaban J connectivity index is 1.88. The standard InChI is InChI=1S/C18H16Cl2N4O/c1-11-21-17(23-14-5-3-4-12(19)8-14)10-18(22-11)24-15-9-13(20)6-7-16(15)25-2/h3-10H,1-2H3,(H2,21,22,23,24). The molecule has 0 unspecified atom stereocenters. The summed E-state index contributed by atoms with van der Waals surface area (Å²) >= 11 is 12.1. The fraction of sp³-hybridized carbons (Fsp3) is 0.111. The number of hydrogen-bond donors (Lipinski definition) is 2. The van der Waals surface area contributed by atoms with Crippen LogP contribution in [-0.4, -0.2) is 17.1 Å². The third kappa shape index (κ3) is 4.53. The zero-order chi connectivity index (χ0) is 17.8. The fourth-order valence-electron chi connectivity index (χ4n) is 2.33. The highest BCUT2D eigenvalue weighted by Gasteiger charge is 2.08. The number of benzene rings is 2. The molecule has 3 aromatic rings. The first kappa shape index (κ1) is 17.3. The summed E-state index contributed by atoms with van der Waals surface area (Å²) < 4.78 is 5.35. The van der Waals surface area contributed by atoms with E-state index in [9.17, 15) is 0 Å². The summed E-state index contributed by atoms with van der Waals surface area (Å²) in [5.41, 5.74) is 1.57. The molecule has 1 heterocycles. The minimum Gasteiger partial charge on any atom is -0.495 e. The van der Waals surface area contributed by atoms with Gasteiger partial charge in [0.15, 0.2) is 0 Å². The van der Waals surface area contributed by atoms with Crippen molar-refractivity contribution in [3.63, 3.8) is 0 Å². The molecule has 0 amide bonds. The molecule has 2 aromatic carbocycles. The van der Waals surface area contributed by atoms with Crippen molar-refractivity contribution < 1.29 is 4.74 Å². The topological polar surface area (TPSA) is 59.1 Å². The van der Waals surface area contributed by atoms with Crippen LogP contribution in [0.1, 0.15) is 5.82 Å². The van der Waals surface area contributed by atoms with Crippen molar-refractivity contribution in [3.05, 3.63) is 64.4 Å². The summed E-state index contributed by atoms with van der Waals surface area (Å²) in [5, 5.41) is 7.69. The summed E-state index contributed by atoms with van der Waals surface area (Å²) in [6.45, 7) is 1.82. The lowest BCUT2D eigenvalue weighted by Gasteiger charge is -2.13. The monoisotopic (exact) mass is 374 g/mol. The number of aryl methyl sites for hydroxylation is 1. The highest BCUT2D eigenvalue weighted by Crippen LogP contribution is 2.30. The molecule has 0 radical (unpaired) electrons. The molecule has 0 fully saturated rings. The van der Waals surface area contributed by atoms with Crippen molar-refractivity contribution in [1.82, 2.24) is 9.97 Å². The van der Waals surface area contributed by atoms with E-state index in [-0.39, 0.29) is 0 Å². The Morgan fingerprint density at radius 3 is 2.32 bits per heavy atom. The van der Waals surface area contributed by atoms with E-state index in [4.69, 9.17) is 27.9 Å². The molecule has 5 nitrogen and oxygen atoms in total. The lowest BCUT2D eigenvalue weighted by Crippen LogP contribution is -2.02. The first-order valence-electron chi connectivity index (χ1n) is 7.52. The van der Waals surface area contributed by atoms with Crippen molar-refractivity contribution in [2.45, 2.75) is 6.92 Å². The molecule has 7 heteroatoms. The lowest BCUT2D eigenvalue weighted by molar-refractivity contribution is 0.417. The fourth-order valence-corrected chi connectivity index (χ4v) is 2.69. The molecule has 0 aliphatic rings. The van der Waals surface area contributed by atoms with Crippen molar-refractivity contribution in [2.75, 3.05) is 17.7 Å². The summed E-state index contributed by atoms with van der Waals surface area (Å²) in [4.78, 5) is 8.80. The number of nitrogens with one attached hydrogen (secondary N) is 2. The molecular weight excluding hydrogens is 359 g/mol. The molecule has 0 atom stereocenters. The van der Waals surface area contributed by atoms with Gasteiger partial charge in [-0.2, -0.15) is 0 Å². The van der Waals surface area contributed by atoms with Crippen LogP contribution in [0, 0.1) is 6.92 Å². The number of ether oxygens (including phenoxy) is 1. The van der Waals surface area contributed by atoms with Gasteiger partial charge in [-0.3, -0.25) is 0 Å². The number of halogens is 2. The van der Waals surface area contributed by atoms with Crippen LogP contribution in [0.4, 0.5) is 23.0 Å². The lowest BCUT2D eigenvalue weighted by atomic mass is 10.3. The molecule has 0 saturated carbocycles. The summed E-state index contributed by atoms with van der Waals surface area (Å²) in [6, 6.07) is 14.6. The number of nitrogens with zero attached hydrogens (tertiary/aromatic N) is 2. The van der Waals surface area contributed by atoms with Gasteiger partial charge in [-0.25, -0.2) is 9.97 Å². The van der Waals surface area contributed by atoms with Gasteiger partial charge in [-0.05, 0) is 43.3 Å². The van der Waals surface area contributed by atoms with Gasteiger partial charge in [0.25, 0.3) is 0 Å². The predicted octanol–water partition coefficient (Wildman–Crippen LogP) is 5.59. The Morgan fingerprint density at radius 1 is 0.880 bits per heavy atom. The van der Waals surface area contributed by atoms with Crippen LogP contribution in [0.2, 0.25) is 10.0 Å². The minimum atomic E-state index is 0.603. The molecule has 0 spiro atoms. The largest absolute Gasteiger partial charge is 0.495 e. The van der Waals surface area contributed by atoms with E-state index in [0.29, 0.717) is 33.3 Å². The van der Waals surface area contributed by atoms with Crippen LogP contribution in [-0.2, 0) is 0 Å². The van der Waals surface area contributed by atoms with Gasteiger partial charge in [0.2, 0.25) is 0 Å². The summed E-state index contributed by atoms with van der Waals surface area (Å²) in [5.74, 6) is 2.57. The van der Waals surface area contributed by atoms with Crippen molar-refractivity contribution >= 4 is 46.2 Å². The first-order valence-corrected chi connectivity index (χ1v) is 8.28. The van der Waals surface area contributed by atoms with Crippen molar-refractivity contribution in [1.29, 1.82) is 0 Å². The van der Waals surface area contributed by atoms with Crippen LogP contribution < -0.4 is 15.4 Å². The van der Waals surface area contributed by atoms with Gasteiger partial charge >= 0.3 is 0 Å². The quantitative estimate of drug-likeness (QED) is 0.609. The Hall–Kier alpha value is -2.50. The Kier molecular flexibility index (Phi) is 5.26. The predicted molar refractivity (Wildman–Crippen MR) is 103 cm³/mol. The van der Waals surface area contributed by atoms with E-state index < -0.39 is 0 Å². The van der Waals surface area contributed by atoms with E-state index in [2.05, 4.69) is 20.6 Å². The highest BCUT2D eigenvalue weighted by atomic mass is 35.5. The second-order valence-corrected chi connectivity index (χ2v) is 6.16. The molecule has 1 aromatic heterocycles. The van der Waals surface area contributed by atoms with Gasteiger partial charge in [0, 0.05) is 21.8 Å². The van der Waals surface area contributed by atoms with Crippen LogP contribution >= 0.6 is 23.2 Å². The van der Waals surface area contributed by atoms with Gasteiger partial charge in [0.1, 0.15) is 23.2 Å². The second-order valence-electron chi connectivity index (χ2n) is 5.29. The maximum absolute atomic E-state index is 6.07. The SMILES string of the molecule is COc1ccc(Cl)cc1Nc1cc(Nc2cccc(Cl)c2)nc(C)n1. The summed E-state index contributed by atoms with van der Waals surface area (Å²) in [7, 11) is 1.60. The van der Waals surface area contributed by atoms with Gasteiger partial charge in [-0.1, -0.05) is 29.3 Å². The highest BCUT2D eigenvalue weighted by molar-refractivity contribution is 6.31. The number of anilines is 4.